The quantitative estimate of drug-likeness (QED) is 0.521. The van der Waals surface area contributed by atoms with E-state index in [2.05, 4.69) is 15.6 Å². The van der Waals surface area contributed by atoms with Crippen LogP contribution in [0.2, 0.25) is 0 Å². The van der Waals surface area contributed by atoms with Gasteiger partial charge in [-0.1, -0.05) is 42.5 Å². The van der Waals surface area contributed by atoms with E-state index in [0.717, 1.165) is 11.1 Å². The predicted octanol–water partition coefficient (Wildman–Crippen LogP) is 4.74. The summed E-state index contributed by atoms with van der Waals surface area (Å²) in [6.07, 6.45) is 2.76. The van der Waals surface area contributed by atoms with Crippen molar-refractivity contribution in [1.29, 1.82) is 0 Å². The van der Waals surface area contributed by atoms with E-state index in [1.54, 1.807) is 45.3 Å². The number of nitrogens with zero attached hydrogens (tertiary/aromatic N) is 1. The molecule has 1 atom stereocenters. The minimum atomic E-state index is -0.857. The lowest BCUT2D eigenvalue weighted by Crippen LogP contribution is -2.47. The number of rotatable bonds is 8. The van der Waals surface area contributed by atoms with Crippen LogP contribution in [0.1, 0.15) is 31.9 Å². The summed E-state index contributed by atoms with van der Waals surface area (Å²) in [5.41, 5.74) is 1.75. The SMILES string of the molecule is CC(C)(C)OC(=O)NC(Cc1cccc(OCc2ccccc2)c1)C(=O)Nc1cccnc1. The third-order valence-corrected chi connectivity index (χ3v) is 4.52. The van der Waals surface area contributed by atoms with Gasteiger partial charge in [-0.2, -0.15) is 0 Å². The normalized spacial score (nSPS) is 11.8. The second-order valence-corrected chi connectivity index (χ2v) is 8.56. The lowest BCUT2D eigenvalue weighted by molar-refractivity contribution is -0.118. The molecule has 1 aromatic heterocycles. The van der Waals surface area contributed by atoms with Gasteiger partial charge in [-0.05, 0) is 56.2 Å². The Morgan fingerprint density at radius 3 is 2.42 bits per heavy atom. The van der Waals surface area contributed by atoms with Crippen LogP contribution in [-0.2, 0) is 22.6 Å². The molecule has 172 valence electrons. The minimum Gasteiger partial charge on any atom is -0.489 e. The summed E-state index contributed by atoms with van der Waals surface area (Å²) >= 11 is 0. The number of hydrogen-bond donors (Lipinski definition) is 2. The van der Waals surface area contributed by atoms with E-state index in [1.165, 1.54) is 0 Å². The largest absolute Gasteiger partial charge is 0.489 e. The number of alkyl carbamates (subject to hydrolysis) is 1. The molecule has 0 aliphatic heterocycles. The Morgan fingerprint density at radius 1 is 0.970 bits per heavy atom. The van der Waals surface area contributed by atoms with Crippen molar-refractivity contribution in [1.82, 2.24) is 10.3 Å². The van der Waals surface area contributed by atoms with Crippen molar-refractivity contribution < 1.29 is 19.1 Å². The molecule has 7 heteroatoms. The number of carbonyl (C=O) groups excluding carboxylic acids is 2. The van der Waals surface area contributed by atoms with Crippen LogP contribution in [0.25, 0.3) is 0 Å². The topological polar surface area (TPSA) is 89.5 Å². The Bertz CT molecular complexity index is 1050. The van der Waals surface area contributed by atoms with E-state index in [-0.39, 0.29) is 12.3 Å². The van der Waals surface area contributed by atoms with Crippen molar-refractivity contribution in [3.8, 4) is 5.75 Å². The fourth-order valence-corrected chi connectivity index (χ4v) is 3.06. The van der Waals surface area contributed by atoms with Gasteiger partial charge in [0.05, 0.1) is 11.9 Å². The fourth-order valence-electron chi connectivity index (χ4n) is 3.06. The van der Waals surface area contributed by atoms with Gasteiger partial charge in [0, 0.05) is 12.6 Å². The first kappa shape index (κ1) is 23.8. The number of ether oxygens (including phenoxy) is 2. The van der Waals surface area contributed by atoms with Crippen molar-refractivity contribution in [2.45, 2.75) is 45.4 Å². The molecule has 7 nitrogen and oxygen atoms in total. The highest BCUT2D eigenvalue weighted by Gasteiger charge is 2.25. The van der Waals surface area contributed by atoms with Crippen molar-refractivity contribution in [2.24, 2.45) is 0 Å². The Hall–Kier alpha value is -3.87. The summed E-state index contributed by atoms with van der Waals surface area (Å²) in [5.74, 6) is 0.310. The number of amides is 2. The van der Waals surface area contributed by atoms with E-state index in [0.29, 0.717) is 18.0 Å². The molecule has 2 N–H and O–H groups in total. The Kier molecular flexibility index (Phi) is 8.02. The smallest absolute Gasteiger partial charge is 0.408 e. The third-order valence-electron chi connectivity index (χ3n) is 4.52. The molecule has 1 heterocycles. The van der Waals surface area contributed by atoms with Crippen LogP contribution in [0.3, 0.4) is 0 Å². The first-order chi connectivity index (χ1) is 15.8. The molecule has 0 aliphatic carbocycles. The minimum absolute atomic E-state index is 0.258. The summed E-state index contributed by atoms with van der Waals surface area (Å²) in [6.45, 7) is 5.74. The molecule has 3 rings (SSSR count). The number of nitrogens with one attached hydrogen (secondary N) is 2. The average molecular weight is 448 g/mol. The molecule has 0 saturated heterocycles. The zero-order chi connectivity index (χ0) is 23.7. The van der Waals surface area contributed by atoms with Crippen LogP contribution < -0.4 is 15.4 Å². The molecular formula is C26H29N3O4. The lowest BCUT2D eigenvalue weighted by atomic mass is 10.0. The Labute approximate surface area is 194 Å². The maximum atomic E-state index is 13.0. The highest BCUT2D eigenvalue weighted by atomic mass is 16.6. The van der Waals surface area contributed by atoms with Crippen LogP contribution >= 0.6 is 0 Å². The number of carbonyl (C=O) groups is 2. The van der Waals surface area contributed by atoms with Crippen LogP contribution in [0.4, 0.5) is 10.5 Å². The first-order valence-corrected chi connectivity index (χ1v) is 10.7. The standard InChI is InChI=1S/C26H29N3O4/c1-26(2,3)33-25(31)29-23(24(30)28-21-12-8-14-27-17-21)16-20-11-7-13-22(15-20)32-18-19-9-5-4-6-10-19/h4-15,17,23H,16,18H2,1-3H3,(H,28,30)(H,29,31). The predicted molar refractivity (Wildman–Crippen MR) is 127 cm³/mol. The van der Waals surface area contributed by atoms with Crippen LogP contribution in [0.15, 0.2) is 79.1 Å². The van der Waals surface area contributed by atoms with Gasteiger partial charge in [0.1, 0.15) is 24.0 Å². The number of aromatic nitrogens is 1. The molecule has 0 saturated carbocycles. The van der Waals surface area contributed by atoms with E-state index in [9.17, 15) is 9.59 Å². The number of benzene rings is 2. The number of anilines is 1. The van der Waals surface area contributed by atoms with Gasteiger partial charge in [0.25, 0.3) is 0 Å². The van der Waals surface area contributed by atoms with Crippen LogP contribution in [0, 0.1) is 0 Å². The second kappa shape index (κ2) is 11.1. The van der Waals surface area contributed by atoms with Gasteiger partial charge in [-0.3, -0.25) is 9.78 Å². The molecule has 1 unspecified atom stereocenters. The van der Waals surface area contributed by atoms with Crippen molar-refractivity contribution in [2.75, 3.05) is 5.32 Å². The molecule has 0 fully saturated rings. The summed E-state index contributed by atoms with van der Waals surface area (Å²) in [5, 5.41) is 5.47. The first-order valence-electron chi connectivity index (χ1n) is 10.7. The monoisotopic (exact) mass is 447 g/mol. The van der Waals surface area contributed by atoms with Gasteiger partial charge in [-0.15, -0.1) is 0 Å². The lowest BCUT2D eigenvalue weighted by Gasteiger charge is -2.23. The average Bonchev–Trinajstić information content (AvgIpc) is 2.78. The van der Waals surface area contributed by atoms with Crippen LogP contribution in [-0.4, -0.2) is 28.6 Å². The summed E-state index contributed by atoms with van der Waals surface area (Å²) in [6, 6.07) is 19.9. The van der Waals surface area contributed by atoms with E-state index >= 15 is 0 Å². The van der Waals surface area contributed by atoms with Crippen molar-refractivity contribution >= 4 is 17.7 Å². The maximum absolute atomic E-state index is 13.0. The van der Waals surface area contributed by atoms with Gasteiger partial charge < -0.3 is 20.1 Å². The molecule has 33 heavy (non-hydrogen) atoms. The molecule has 3 aromatic rings. The zero-order valence-corrected chi connectivity index (χ0v) is 19.1. The van der Waals surface area contributed by atoms with Gasteiger partial charge in [0.2, 0.25) is 5.91 Å². The van der Waals surface area contributed by atoms with Crippen LogP contribution in [0.5, 0.6) is 5.75 Å². The molecule has 0 radical (unpaired) electrons. The fraction of sp³-hybridized carbons (Fsp3) is 0.269. The molecule has 0 aliphatic rings. The van der Waals surface area contributed by atoms with Gasteiger partial charge in [0.15, 0.2) is 0 Å². The van der Waals surface area contributed by atoms with E-state index < -0.39 is 17.7 Å². The maximum Gasteiger partial charge on any atom is 0.408 e. The summed E-state index contributed by atoms with van der Waals surface area (Å²) in [7, 11) is 0. The molecule has 0 bridgehead atoms. The highest BCUT2D eigenvalue weighted by molar-refractivity contribution is 5.96. The third kappa shape index (κ3) is 8.29. The summed E-state index contributed by atoms with van der Waals surface area (Å²) in [4.78, 5) is 29.4. The van der Waals surface area contributed by atoms with Crippen molar-refractivity contribution in [3.63, 3.8) is 0 Å². The Morgan fingerprint density at radius 2 is 1.73 bits per heavy atom. The molecule has 2 amide bonds. The van der Waals surface area contributed by atoms with E-state index in [4.69, 9.17) is 9.47 Å². The highest BCUT2D eigenvalue weighted by Crippen LogP contribution is 2.17. The van der Waals surface area contributed by atoms with Crippen molar-refractivity contribution in [3.05, 3.63) is 90.3 Å². The zero-order valence-electron chi connectivity index (χ0n) is 19.1. The summed E-state index contributed by atoms with van der Waals surface area (Å²) < 4.78 is 11.2. The number of hydrogen-bond acceptors (Lipinski definition) is 5. The molecule has 2 aromatic carbocycles. The second-order valence-electron chi connectivity index (χ2n) is 8.56. The number of pyridine rings is 1. The van der Waals surface area contributed by atoms with Gasteiger partial charge in [-0.25, -0.2) is 4.79 Å². The molecule has 0 spiro atoms. The molecular weight excluding hydrogens is 418 g/mol. The van der Waals surface area contributed by atoms with E-state index in [1.807, 2.05) is 54.6 Å². The Balaban J connectivity index is 1.71. The van der Waals surface area contributed by atoms with Gasteiger partial charge >= 0.3 is 6.09 Å².